The predicted molar refractivity (Wildman–Crippen MR) is 66.7 cm³/mol. The maximum atomic E-state index is 9.63. The molecule has 1 atom stereocenters. The molecule has 3 nitrogen and oxygen atoms in total. The van der Waals surface area contributed by atoms with Crippen molar-refractivity contribution in [3.63, 3.8) is 0 Å². The van der Waals surface area contributed by atoms with Crippen LogP contribution in [0.15, 0.2) is 30.5 Å². The fourth-order valence-corrected chi connectivity index (χ4v) is 2.37. The molecule has 17 heavy (non-hydrogen) atoms. The molecule has 1 aromatic carbocycles. The lowest BCUT2D eigenvalue weighted by Gasteiger charge is -2.18. The molecule has 0 amide bonds. The molecule has 3 rings (SSSR count). The Kier molecular flexibility index (Phi) is 2.48. The third-order valence-corrected chi connectivity index (χ3v) is 3.28. The van der Waals surface area contributed by atoms with Gasteiger partial charge in [-0.2, -0.15) is 0 Å². The van der Waals surface area contributed by atoms with Crippen molar-refractivity contribution in [1.29, 1.82) is 0 Å². The number of aliphatic hydroxyl groups is 1. The molecule has 2 aromatic rings. The van der Waals surface area contributed by atoms with Crippen LogP contribution in [-0.2, 0) is 13.0 Å². The van der Waals surface area contributed by atoms with Crippen molar-refractivity contribution in [2.45, 2.75) is 32.4 Å². The van der Waals surface area contributed by atoms with E-state index in [1.807, 2.05) is 6.20 Å². The maximum Gasteiger partial charge on any atom is 0.109 e. The largest absolute Gasteiger partial charge is 0.391 e. The van der Waals surface area contributed by atoms with E-state index in [1.54, 1.807) is 0 Å². The van der Waals surface area contributed by atoms with E-state index in [2.05, 4.69) is 40.7 Å². The Bertz CT molecular complexity index is 545. The van der Waals surface area contributed by atoms with Gasteiger partial charge in [0.15, 0.2) is 0 Å². The van der Waals surface area contributed by atoms with E-state index in [4.69, 9.17) is 0 Å². The molecule has 88 valence electrons. The van der Waals surface area contributed by atoms with Crippen LogP contribution in [0.4, 0.5) is 0 Å². The fourth-order valence-electron chi connectivity index (χ4n) is 2.37. The Balaban J connectivity index is 2.00. The van der Waals surface area contributed by atoms with Crippen molar-refractivity contribution >= 4 is 0 Å². The van der Waals surface area contributed by atoms with Gasteiger partial charge >= 0.3 is 0 Å². The van der Waals surface area contributed by atoms with Gasteiger partial charge in [-0.05, 0) is 19.4 Å². The number of imidazole rings is 1. The molecule has 0 fully saturated rings. The average Bonchev–Trinajstić information content (AvgIpc) is 2.72. The lowest BCUT2D eigenvalue weighted by molar-refractivity contribution is 0.130. The first-order chi connectivity index (χ1) is 8.22. The van der Waals surface area contributed by atoms with E-state index < -0.39 is 0 Å². The number of benzene rings is 1. The molecule has 3 heteroatoms. The zero-order chi connectivity index (χ0) is 11.8. The van der Waals surface area contributed by atoms with E-state index in [0.29, 0.717) is 6.54 Å². The quantitative estimate of drug-likeness (QED) is 0.812. The summed E-state index contributed by atoms with van der Waals surface area (Å²) >= 11 is 0. The van der Waals surface area contributed by atoms with Gasteiger partial charge in [0.25, 0.3) is 0 Å². The monoisotopic (exact) mass is 228 g/mol. The molecule has 0 spiro atoms. The van der Waals surface area contributed by atoms with Crippen molar-refractivity contribution in [1.82, 2.24) is 9.55 Å². The van der Waals surface area contributed by atoms with E-state index in [9.17, 15) is 5.11 Å². The van der Waals surface area contributed by atoms with Crippen LogP contribution in [0.2, 0.25) is 0 Å². The van der Waals surface area contributed by atoms with Gasteiger partial charge in [0.2, 0.25) is 0 Å². The molecule has 1 unspecified atom stereocenters. The smallest absolute Gasteiger partial charge is 0.109 e. The minimum atomic E-state index is -0.220. The third-order valence-electron chi connectivity index (χ3n) is 3.28. The molecule has 0 bridgehead atoms. The summed E-state index contributed by atoms with van der Waals surface area (Å²) in [6.07, 6.45) is 3.52. The van der Waals surface area contributed by atoms with Gasteiger partial charge in [-0.3, -0.25) is 0 Å². The molecule has 1 aliphatic rings. The number of aliphatic hydroxyl groups excluding tert-OH is 1. The average molecular weight is 228 g/mol. The molecule has 0 saturated carbocycles. The van der Waals surface area contributed by atoms with Crippen LogP contribution in [0.1, 0.15) is 17.8 Å². The number of nitrogens with zero attached hydrogens (tertiary/aromatic N) is 2. The summed E-state index contributed by atoms with van der Waals surface area (Å²) in [7, 11) is 0. The predicted octanol–water partition coefficient (Wildman–Crippen LogP) is 2.17. The second-order valence-electron chi connectivity index (χ2n) is 4.76. The van der Waals surface area contributed by atoms with Crippen molar-refractivity contribution in [3.8, 4) is 11.3 Å². The topological polar surface area (TPSA) is 38.0 Å². The normalized spacial score (nSPS) is 19.1. The number of hydrogen-bond acceptors (Lipinski definition) is 2. The van der Waals surface area contributed by atoms with E-state index in [0.717, 1.165) is 29.9 Å². The van der Waals surface area contributed by atoms with Gasteiger partial charge in [0.05, 0.1) is 11.8 Å². The first kappa shape index (κ1) is 10.5. The van der Waals surface area contributed by atoms with Crippen LogP contribution >= 0.6 is 0 Å². The van der Waals surface area contributed by atoms with Gasteiger partial charge in [0, 0.05) is 24.7 Å². The van der Waals surface area contributed by atoms with Crippen molar-refractivity contribution < 1.29 is 5.11 Å². The first-order valence-electron chi connectivity index (χ1n) is 6.03. The second kappa shape index (κ2) is 4.00. The minimum absolute atomic E-state index is 0.220. The van der Waals surface area contributed by atoms with Crippen LogP contribution in [-0.4, -0.2) is 20.8 Å². The van der Waals surface area contributed by atoms with Crippen molar-refractivity contribution in [2.24, 2.45) is 0 Å². The summed E-state index contributed by atoms with van der Waals surface area (Å²) in [6.45, 7) is 2.76. The van der Waals surface area contributed by atoms with Crippen LogP contribution in [0.5, 0.6) is 0 Å². The molecule has 0 aliphatic carbocycles. The van der Waals surface area contributed by atoms with E-state index in [1.165, 1.54) is 5.56 Å². The summed E-state index contributed by atoms with van der Waals surface area (Å²) in [5, 5.41) is 9.63. The molecule has 0 saturated heterocycles. The van der Waals surface area contributed by atoms with E-state index in [-0.39, 0.29) is 6.10 Å². The van der Waals surface area contributed by atoms with Crippen LogP contribution < -0.4 is 0 Å². The first-order valence-corrected chi connectivity index (χ1v) is 6.03. The summed E-state index contributed by atoms with van der Waals surface area (Å²) in [5.41, 5.74) is 3.41. The molecule has 1 aliphatic heterocycles. The van der Waals surface area contributed by atoms with Gasteiger partial charge in [-0.25, -0.2) is 4.98 Å². The summed E-state index contributed by atoms with van der Waals surface area (Å²) in [6, 6.07) is 8.36. The van der Waals surface area contributed by atoms with Crippen LogP contribution in [0.25, 0.3) is 11.3 Å². The third kappa shape index (κ3) is 1.98. The van der Waals surface area contributed by atoms with Crippen molar-refractivity contribution in [3.05, 3.63) is 41.9 Å². The van der Waals surface area contributed by atoms with Gasteiger partial charge in [-0.1, -0.05) is 23.8 Å². The molecule has 0 radical (unpaired) electrons. The van der Waals surface area contributed by atoms with E-state index >= 15 is 0 Å². The highest BCUT2D eigenvalue weighted by Gasteiger charge is 2.18. The standard InChI is InChI=1S/C14H16N2O/c1-10-3-2-4-11(7-10)13-9-16-8-12(17)5-6-14(16)15-13/h2-4,7,9,12,17H,5-6,8H2,1H3. The number of aryl methyl sites for hydroxylation is 2. The highest BCUT2D eigenvalue weighted by Crippen LogP contribution is 2.23. The summed E-state index contributed by atoms with van der Waals surface area (Å²) in [5.74, 6) is 1.09. The molecule has 2 heterocycles. The van der Waals surface area contributed by atoms with Gasteiger partial charge < -0.3 is 9.67 Å². The zero-order valence-electron chi connectivity index (χ0n) is 9.93. The fraction of sp³-hybridized carbons (Fsp3) is 0.357. The Hall–Kier alpha value is -1.61. The molecular formula is C14H16N2O. The summed E-state index contributed by atoms with van der Waals surface area (Å²) < 4.78 is 2.08. The Morgan fingerprint density at radius 2 is 2.29 bits per heavy atom. The number of fused-ring (bicyclic) bond motifs is 1. The second-order valence-corrected chi connectivity index (χ2v) is 4.76. The number of rotatable bonds is 1. The summed E-state index contributed by atoms with van der Waals surface area (Å²) in [4.78, 5) is 4.65. The van der Waals surface area contributed by atoms with Crippen LogP contribution in [0.3, 0.4) is 0 Å². The van der Waals surface area contributed by atoms with Crippen molar-refractivity contribution in [2.75, 3.05) is 0 Å². The molecule has 1 N–H and O–H groups in total. The Morgan fingerprint density at radius 1 is 1.41 bits per heavy atom. The van der Waals surface area contributed by atoms with Crippen LogP contribution in [0, 0.1) is 6.92 Å². The molecule has 1 aromatic heterocycles. The number of hydrogen-bond donors (Lipinski definition) is 1. The van der Waals surface area contributed by atoms with Gasteiger partial charge in [0.1, 0.15) is 5.82 Å². The Morgan fingerprint density at radius 3 is 3.12 bits per heavy atom. The SMILES string of the molecule is Cc1cccc(-c2cn3c(n2)CCC(O)C3)c1. The molecular weight excluding hydrogens is 212 g/mol. The minimum Gasteiger partial charge on any atom is -0.391 e. The highest BCUT2D eigenvalue weighted by molar-refractivity contribution is 5.59. The zero-order valence-corrected chi connectivity index (χ0v) is 9.93. The maximum absolute atomic E-state index is 9.63. The Labute approximate surface area is 101 Å². The highest BCUT2D eigenvalue weighted by atomic mass is 16.3. The lowest BCUT2D eigenvalue weighted by atomic mass is 10.1. The lowest BCUT2D eigenvalue weighted by Crippen LogP contribution is -2.23. The number of aromatic nitrogens is 2. The van der Waals surface area contributed by atoms with Gasteiger partial charge in [-0.15, -0.1) is 0 Å².